The maximum Gasteiger partial charge on any atom is 0.274 e. The van der Waals surface area contributed by atoms with Crippen LogP contribution in [0.5, 0.6) is 0 Å². The molecule has 1 amide bonds. The molecule has 29 heavy (non-hydrogen) atoms. The number of aromatic nitrogens is 4. The summed E-state index contributed by atoms with van der Waals surface area (Å²) in [6, 6.07) is 0. The van der Waals surface area contributed by atoms with Crippen molar-refractivity contribution in [2.24, 2.45) is 7.05 Å². The maximum absolute atomic E-state index is 13.1. The van der Waals surface area contributed by atoms with E-state index in [1.54, 1.807) is 11.3 Å². The monoisotopic (exact) mass is 413 g/mol. The smallest absolute Gasteiger partial charge is 0.274 e. The molecule has 0 aromatic carbocycles. The van der Waals surface area contributed by atoms with Gasteiger partial charge in [-0.05, 0) is 12.8 Å². The highest BCUT2D eigenvalue weighted by molar-refractivity contribution is 7.15. The highest BCUT2D eigenvalue weighted by atomic mass is 32.1. The minimum Gasteiger partial charge on any atom is -0.337 e. The van der Waals surface area contributed by atoms with Gasteiger partial charge in [-0.3, -0.25) is 19.0 Å². The van der Waals surface area contributed by atoms with Gasteiger partial charge in [0.15, 0.2) is 10.7 Å². The fraction of sp³-hybridized carbons (Fsp3) is 0.550. The summed E-state index contributed by atoms with van der Waals surface area (Å²) in [6.45, 7) is 7.35. The van der Waals surface area contributed by atoms with Crippen molar-refractivity contribution in [1.29, 1.82) is 0 Å². The summed E-state index contributed by atoms with van der Waals surface area (Å²) in [5.41, 5.74) is 1.69. The molecule has 154 valence electrons. The lowest BCUT2D eigenvalue weighted by Crippen LogP contribution is -2.46. The number of rotatable bonds is 5. The van der Waals surface area contributed by atoms with Crippen molar-refractivity contribution in [1.82, 2.24) is 33.6 Å². The van der Waals surface area contributed by atoms with Crippen molar-refractivity contribution in [3.63, 3.8) is 0 Å². The molecule has 3 aromatic heterocycles. The SMILES string of the molecule is Cn1ccnc1CN1CCN(Cc2c(C(=O)N3CCCC3)nc3sccn23)CC1. The summed E-state index contributed by atoms with van der Waals surface area (Å²) < 4.78 is 4.19. The molecule has 2 aliphatic rings. The molecule has 0 atom stereocenters. The van der Waals surface area contributed by atoms with Crippen LogP contribution >= 0.6 is 11.3 Å². The van der Waals surface area contributed by atoms with Crippen molar-refractivity contribution in [3.05, 3.63) is 41.2 Å². The summed E-state index contributed by atoms with van der Waals surface area (Å²) >= 11 is 1.59. The number of thiazole rings is 1. The first-order chi connectivity index (χ1) is 14.2. The van der Waals surface area contributed by atoms with Gasteiger partial charge in [0.25, 0.3) is 5.91 Å². The molecule has 2 aliphatic heterocycles. The fourth-order valence-corrected chi connectivity index (χ4v) is 5.02. The molecule has 0 N–H and O–H groups in total. The largest absolute Gasteiger partial charge is 0.337 e. The first-order valence-electron chi connectivity index (χ1n) is 10.3. The van der Waals surface area contributed by atoms with Gasteiger partial charge in [-0.15, -0.1) is 11.3 Å². The number of likely N-dealkylation sites (tertiary alicyclic amines) is 1. The van der Waals surface area contributed by atoms with Crippen molar-refractivity contribution in [2.45, 2.75) is 25.9 Å². The summed E-state index contributed by atoms with van der Waals surface area (Å²) in [5, 5.41) is 2.04. The van der Waals surface area contributed by atoms with Gasteiger partial charge in [0, 0.05) is 76.8 Å². The Labute approximate surface area is 174 Å². The average Bonchev–Trinajstić information content (AvgIpc) is 3.50. The van der Waals surface area contributed by atoms with Gasteiger partial charge in [0.1, 0.15) is 5.82 Å². The van der Waals surface area contributed by atoms with Crippen LogP contribution in [0.25, 0.3) is 4.96 Å². The molecular weight excluding hydrogens is 386 g/mol. The molecule has 3 aromatic rings. The number of carbonyl (C=O) groups excluding carboxylic acids is 1. The Morgan fingerprint density at radius 2 is 1.76 bits per heavy atom. The molecule has 8 nitrogen and oxygen atoms in total. The molecule has 0 bridgehead atoms. The molecule has 0 spiro atoms. The lowest BCUT2D eigenvalue weighted by atomic mass is 10.2. The average molecular weight is 414 g/mol. The second-order valence-corrected chi connectivity index (χ2v) is 8.84. The van der Waals surface area contributed by atoms with Gasteiger partial charge in [0.2, 0.25) is 0 Å². The van der Waals surface area contributed by atoms with Crippen LogP contribution in [0.15, 0.2) is 24.0 Å². The summed E-state index contributed by atoms with van der Waals surface area (Å²) in [4.78, 5) is 30.0. The van der Waals surface area contributed by atoms with E-state index in [1.807, 2.05) is 35.9 Å². The van der Waals surface area contributed by atoms with Gasteiger partial charge >= 0.3 is 0 Å². The zero-order valence-electron chi connectivity index (χ0n) is 16.8. The first kappa shape index (κ1) is 18.8. The quantitative estimate of drug-likeness (QED) is 0.637. The third-order valence-electron chi connectivity index (χ3n) is 6.08. The summed E-state index contributed by atoms with van der Waals surface area (Å²) in [7, 11) is 2.04. The number of nitrogens with zero attached hydrogens (tertiary/aromatic N) is 7. The number of piperazine rings is 1. The summed E-state index contributed by atoms with van der Waals surface area (Å²) in [5.74, 6) is 1.20. The topological polar surface area (TPSA) is 61.9 Å². The lowest BCUT2D eigenvalue weighted by Gasteiger charge is -2.34. The van der Waals surface area contributed by atoms with E-state index in [9.17, 15) is 4.79 Å². The Balaban J connectivity index is 1.28. The predicted molar refractivity (Wildman–Crippen MR) is 112 cm³/mol. The molecule has 0 radical (unpaired) electrons. The standard InChI is InChI=1S/C20H27N7OS/c1-23-7-4-21-17(23)15-25-10-8-24(9-11-25)14-16-18(19(28)26-5-2-3-6-26)22-20-27(16)12-13-29-20/h4,7,12-13H,2-3,5-6,8-11,14-15H2,1H3. The molecular formula is C20H27N7OS. The van der Waals surface area contributed by atoms with E-state index in [4.69, 9.17) is 4.98 Å². The van der Waals surface area contributed by atoms with E-state index in [0.717, 1.165) is 81.7 Å². The number of amides is 1. The number of fused-ring (bicyclic) bond motifs is 1. The molecule has 0 unspecified atom stereocenters. The number of aryl methyl sites for hydroxylation is 1. The fourth-order valence-electron chi connectivity index (χ4n) is 4.29. The highest BCUT2D eigenvalue weighted by Crippen LogP contribution is 2.23. The van der Waals surface area contributed by atoms with Gasteiger partial charge in [-0.2, -0.15) is 0 Å². The van der Waals surface area contributed by atoms with Crippen LogP contribution in [0.1, 0.15) is 34.8 Å². The van der Waals surface area contributed by atoms with Crippen LogP contribution in [-0.2, 0) is 20.1 Å². The van der Waals surface area contributed by atoms with Crippen molar-refractivity contribution in [2.75, 3.05) is 39.3 Å². The third kappa shape index (κ3) is 3.70. The highest BCUT2D eigenvalue weighted by Gasteiger charge is 2.28. The van der Waals surface area contributed by atoms with Gasteiger partial charge in [-0.25, -0.2) is 9.97 Å². The van der Waals surface area contributed by atoms with Crippen molar-refractivity contribution >= 4 is 22.2 Å². The van der Waals surface area contributed by atoms with E-state index in [1.165, 1.54) is 0 Å². The van der Waals surface area contributed by atoms with Gasteiger partial charge in [-0.1, -0.05) is 0 Å². The molecule has 2 fully saturated rings. The summed E-state index contributed by atoms with van der Waals surface area (Å²) in [6.07, 6.45) is 8.09. The Morgan fingerprint density at radius 3 is 2.45 bits per heavy atom. The van der Waals surface area contributed by atoms with Crippen LogP contribution in [0.3, 0.4) is 0 Å². The minimum atomic E-state index is 0.0989. The molecule has 2 saturated heterocycles. The minimum absolute atomic E-state index is 0.0989. The Hall–Kier alpha value is -2.23. The lowest BCUT2D eigenvalue weighted by molar-refractivity contribution is 0.0782. The van der Waals surface area contributed by atoms with E-state index < -0.39 is 0 Å². The van der Waals surface area contributed by atoms with Crippen LogP contribution < -0.4 is 0 Å². The molecule has 9 heteroatoms. The first-order valence-corrected chi connectivity index (χ1v) is 11.2. The molecule has 5 heterocycles. The number of carbonyl (C=O) groups is 1. The van der Waals surface area contributed by atoms with Crippen LogP contribution in [0.2, 0.25) is 0 Å². The second-order valence-electron chi connectivity index (χ2n) is 7.97. The van der Waals surface area contributed by atoms with Crippen molar-refractivity contribution in [3.8, 4) is 0 Å². The van der Waals surface area contributed by atoms with E-state index in [0.29, 0.717) is 5.69 Å². The Kier molecular flexibility index (Phi) is 5.11. The molecule has 5 rings (SSSR count). The molecule has 0 saturated carbocycles. The number of imidazole rings is 2. The van der Waals surface area contributed by atoms with E-state index in [-0.39, 0.29) is 5.91 Å². The zero-order chi connectivity index (χ0) is 19.8. The number of hydrogen-bond donors (Lipinski definition) is 0. The van der Waals surface area contributed by atoms with E-state index >= 15 is 0 Å². The van der Waals surface area contributed by atoms with Gasteiger partial charge in [0.05, 0.1) is 12.2 Å². The maximum atomic E-state index is 13.1. The normalized spacial score (nSPS) is 18.9. The zero-order valence-corrected chi connectivity index (χ0v) is 17.6. The van der Waals surface area contributed by atoms with E-state index in [2.05, 4.69) is 23.8 Å². The van der Waals surface area contributed by atoms with Crippen molar-refractivity contribution < 1.29 is 4.79 Å². The van der Waals surface area contributed by atoms with Gasteiger partial charge < -0.3 is 9.47 Å². The predicted octanol–water partition coefficient (Wildman–Crippen LogP) is 1.68. The number of hydrogen-bond acceptors (Lipinski definition) is 6. The Bertz CT molecular complexity index is 992. The van der Waals surface area contributed by atoms with Crippen LogP contribution in [0.4, 0.5) is 0 Å². The van der Waals surface area contributed by atoms with Crippen LogP contribution in [-0.4, -0.2) is 78.8 Å². The third-order valence-corrected chi connectivity index (χ3v) is 6.84. The Morgan fingerprint density at radius 1 is 1.03 bits per heavy atom. The second kappa shape index (κ2) is 7.89. The molecule has 0 aliphatic carbocycles. The van der Waals surface area contributed by atoms with Crippen LogP contribution in [0, 0.1) is 0 Å².